The topological polar surface area (TPSA) is 0 Å². The monoisotopic (exact) mass is 504 g/mol. The highest BCUT2D eigenvalue weighted by Crippen LogP contribution is 2.44. The van der Waals surface area contributed by atoms with Crippen molar-refractivity contribution in [1.82, 2.24) is 0 Å². The number of fused-ring (bicyclic) bond motifs is 5. The second kappa shape index (κ2) is 8.15. The van der Waals surface area contributed by atoms with Gasteiger partial charge in [0.05, 0.1) is 0 Å². The van der Waals surface area contributed by atoms with E-state index in [1.54, 1.807) is 0 Å². The summed E-state index contributed by atoms with van der Waals surface area (Å²) in [5, 5.41) is 15.7. The quantitative estimate of drug-likeness (QED) is 0.162. The molecule has 0 spiro atoms. The van der Waals surface area contributed by atoms with E-state index in [0.717, 1.165) is 0 Å². The molecule has 0 fully saturated rings. The Morgan fingerprint density at radius 2 is 0.775 bits per heavy atom. The second-order valence-electron chi connectivity index (χ2n) is 10.9. The predicted octanol–water partition coefficient (Wildman–Crippen LogP) is 11.4. The van der Waals surface area contributed by atoms with Gasteiger partial charge < -0.3 is 0 Å². The fourth-order valence-corrected chi connectivity index (χ4v) is 6.84. The molecule has 0 amide bonds. The Labute approximate surface area is 232 Å². The van der Waals surface area contributed by atoms with Crippen LogP contribution in [0.3, 0.4) is 0 Å². The number of hydrogen-bond acceptors (Lipinski definition) is 0. The third-order valence-electron chi connectivity index (χ3n) is 8.76. The molecule has 0 atom stereocenters. The van der Waals surface area contributed by atoms with Gasteiger partial charge in [0.25, 0.3) is 0 Å². The van der Waals surface area contributed by atoms with Gasteiger partial charge in [-0.1, -0.05) is 127 Å². The van der Waals surface area contributed by atoms with Crippen molar-refractivity contribution in [3.05, 3.63) is 146 Å². The summed E-state index contributed by atoms with van der Waals surface area (Å²) in [6.45, 7) is 0. The van der Waals surface area contributed by atoms with E-state index in [-0.39, 0.29) is 0 Å². The molecule has 0 N–H and O–H groups in total. The van der Waals surface area contributed by atoms with E-state index < -0.39 is 0 Å². The zero-order chi connectivity index (χ0) is 26.2. The van der Waals surface area contributed by atoms with Crippen LogP contribution in [0.25, 0.3) is 86.9 Å². The molecule has 0 unspecified atom stereocenters. The van der Waals surface area contributed by atoms with Crippen LogP contribution in [0.4, 0.5) is 0 Å². The van der Waals surface area contributed by atoms with Gasteiger partial charge in [-0.25, -0.2) is 0 Å². The number of rotatable bonds is 2. The Bertz CT molecular complexity index is 2430. The summed E-state index contributed by atoms with van der Waals surface area (Å²) in [4.78, 5) is 0. The molecule has 9 aromatic rings. The fourth-order valence-electron chi connectivity index (χ4n) is 6.84. The molecule has 0 aliphatic carbocycles. The lowest BCUT2D eigenvalue weighted by Gasteiger charge is -2.17. The van der Waals surface area contributed by atoms with Gasteiger partial charge in [0.15, 0.2) is 0 Å². The van der Waals surface area contributed by atoms with Gasteiger partial charge in [-0.3, -0.25) is 0 Å². The van der Waals surface area contributed by atoms with E-state index in [9.17, 15) is 0 Å². The highest BCUT2D eigenvalue weighted by Gasteiger charge is 2.16. The molecule has 40 heavy (non-hydrogen) atoms. The molecular formula is C40H24. The zero-order valence-electron chi connectivity index (χ0n) is 21.9. The Morgan fingerprint density at radius 1 is 0.250 bits per heavy atom. The van der Waals surface area contributed by atoms with Gasteiger partial charge in [-0.15, -0.1) is 0 Å². The van der Waals surface area contributed by atoms with Crippen LogP contribution in [0, 0.1) is 0 Å². The lowest BCUT2D eigenvalue weighted by molar-refractivity contribution is 1.66. The molecule has 0 bridgehead atoms. The molecule has 9 rings (SSSR count). The first-order valence-electron chi connectivity index (χ1n) is 13.9. The summed E-state index contributed by atoms with van der Waals surface area (Å²) >= 11 is 0. The Balaban J connectivity index is 1.27. The van der Waals surface area contributed by atoms with Crippen molar-refractivity contribution in [1.29, 1.82) is 0 Å². The van der Waals surface area contributed by atoms with Crippen LogP contribution >= 0.6 is 0 Å². The van der Waals surface area contributed by atoms with Gasteiger partial charge in [0, 0.05) is 0 Å². The summed E-state index contributed by atoms with van der Waals surface area (Å²) in [6.07, 6.45) is 0. The van der Waals surface area contributed by atoms with Crippen molar-refractivity contribution < 1.29 is 0 Å². The molecular weight excluding hydrogens is 480 g/mol. The molecule has 0 heterocycles. The average Bonchev–Trinajstić information content (AvgIpc) is 3.03. The minimum absolute atomic E-state index is 1.25. The largest absolute Gasteiger partial charge is 0.0616 e. The SMILES string of the molecule is c1ccc2cc(-c3ccc4ccc(-c5ccc6c7ccccc7c7cccc8ccc5c6c87)cc4c3)ccc2c1. The third kappa shape index (κ3) is 3.08. The fraction of sp³-hybridized carbons (Fsp3) is 0. The van der Waals surface area contributed by atoms with Crippen LogP contribution in [-0.4, -0.2) is 0 Å². The lowest BCUT2D eigenvalue weighted by Crippen LogP contribution is -1.89. The normalized spacial score (nSPS) is 12.0. The lowest BCUT2D eigenvalue weighted by atomic mass is 9.86. The van der Waals surface area contributed by atoms with Crippen LogP contribution in [0.5, 0.6) is 0 Å². The van der Waals surface area contributed by atoms with Crippen LogP contribution in [0.1, 0.15) is 0 Å². The van der Waals surface area contributed by atoms with E-state index in [0.29, 0.717) is 0 Å². The molecule has 0 radical (unpaired) electrons. The van der Waals surface area contributed by atoms with Crippen molar-refractivity contribution in [3.8, 4) is 22.3 Å². The Kier molecular flexibility index (Phi) is 4.42. The maximum atomic E-state index is 2.37. The van der Waals surface area contributed by atoms with E-state index in [1.807, 2.05) is 0 Å². The summed E-state index contributed by atoms with van der Waals surface area (Å²) in [6, 6.07) is 53.9. The maximum absolute atomic E-state index is 2.37. The minimum atomic E-state index is 1.25. The van der Waals surface area contributed by atoms with Gasteiger partial charge in [0.1, 0.15) is 0 Å². The molecule has 0 nitrogen and oxygen atoms in total. The van der Waals surface area contributed by atoms with Crippen molar-refractivity contribution in [2.24, 2.45) is 0 Å². The number of benzene rings is 9. The van der Waals surface area contributed by atoms with Crippen molar-refractivity contribution >= 4 is 64.6 Å². The van der Waals surface area contributed by atoms with Gasteiger partial charge in [-0.05, 0) is 105 Å². The van der Waals surface area contributed by atoms with E-state index >= 15 is 0 Å². The zero-order valence-corrected chi connectivity index (χ0v) is 21.9. The highest BCUT2D eigenvalue weighted by atomic mass is 14.2. The third-order valence-corrected chi connectivity index (χ3v) is 8.76. The van der Waals surface area contributed by atoms with Gasteiger partial charge in [-0.2, -0.15) is 0 Å². The molecule has 0 aliphatic rings. The van der Waals surface area contributed by atoms with E-state index in [2.05, 4.69) is 146 Å². The van der Waals surface area contributed by atoms with Crippen molar-refractivity contribution in [2.75, 3.05) is 0 Å². The molecule has 0 saturated heterocycles. The highest BCUT2D eigenvalue weighted by molar-refractivity contribution is 6.35. The molecule has 0 aromatic heterocycles. The standard InChI is InChI=1S/C40H24/c1-2-7-28-22-29(15-12-25(28)6-1)30-16-13-26-14-17-31(24-32(26)23-30)33-20-21-38-35-10-4-3-9-34(35)36-11-5-8-27-18-19-37(33)40(38)39(27)36/h1-24H. The molecule has 0 saturated carbocycles. The second-order valence-corrected chi connectivity index (χ2v) is 10.9. The Hall–Kier alpha value is -5.20. The summed E-state index contributed by atoms with van der Waals surface area (Å²) < 4.78 is 0. The minimum Gasteiger partial charge on any atom is -0.0616 e. The molecule has 184 valence electrons. The van der Waals surface area contributed by atoms with Crippen LogP contribution < -0.4 is 0 Å². The first kappa shape index (κ1) is 21.7. The molecule has 0 heteroatoms. The predicted molar refractivity (Wildman–Crippen MR) is 174 cm³/mol. The summed E-state index contributed by atoms with van der Waals surface area (Å²) in [7, 11) is 0. The maximum Gasteiger partial charge on any atom is -0.00141 e. The van der Waals surface area contributed by atoms with Crippen LogP contribution in [-0.2, 0) is 0 Å². The van der Waals surface area contributed by atoms with Gasteiger partial charge >= 0.3 is 0 Å². The first-order chi connectivity index (χ1) is 19.8. The van der Waals surface area contributed by atoms with E-state index in [1.165, 1.54) is 86.9 Å². The smallest absolute Gasteiger partial charge is 0.00141 e. The molecule has 9 aromatic carbocycles. The van der Waals surface area contributed by atoms with Crippen LogP contribution in [0.15, 0.2) is 146 Å². The van der Waals surface area contributed by atoms with E-state index in [4.69, 9.17) is 0 Å². The van der Waals surface area contributed by atoms with Crippen LogP contribution in [0.2, 0.25) is 0 Å². The van der Waals surface area contributed by atoms with Crippen molar-refractivity contribution in [2.45, 2.75) is 0 Å². The molecule has 0 aliphatic heterocycles. The van der Waals surface area contributed by atoms with Gasteiger partial charge in [0.2, 0.25) is 0 Å². The summed E-state index contributed by atoms with van der Waals surface area (Å²) in [5.74, 6) is 0. The number of hydrogen-bond donors (Lipinski definition) is 0. The summed E-state index contributed by atoms with van der Waals surface area (Å²) in [5.41, 5.74) is 5.04. The van der Waals surface area contributed by atoms with Crippen molar-refractivity contribution in [3.63, 3.8) is 0 Å². The average molecular weight is 505 g/mol. The first-order valence-corrected chi connectivity index (χ1v) is 13.9. The Morgan fingerprint density at radius 3 is 1.57 bits per heavy atom.